The van der Waals surface area contributed by atoms with Crippen LogP contribution in [0, 0.1) is 6.92 Å². The second-order valence-corrected chi connectivity index (χ2v) is 8.03. The van der Waals surface area contributed by atoms with Gasteiger partial charge in [-0.25, -0.2) is 4.98 Å². The van der Waals surface area contributed by atoms with Crippen molar-refractivity contribution in [1.29, 1.82) is 0 Å². The Bertz CT molecular complexity index is 810. The molecule has 0 fully saturated rings. The first-order valence-electron chi connectivity index (χ1n) is 8.37. The number of carbonyl (C=O) groups excluding carboxylic acids is 2. The van der Waals surface area contributed by atoms with Crippen LogP contribution in [-0.2, 0) is 4.79 Å². The summed E-state index contributed by atoms with van der Waals surface area (Å²) < 4.78 is 0. The van der Waals surface area contributed by atoms with Crippen LogP contribution in [0.2, 0.25) is 10.0 Å². The van der Waals surface area contributed by atoms with Gasteiger partial charge in [0.2, 0.25) is 5.91 Å². The predicted octanol–water partition coefficient (Wildman–Crippen LogP) is 3.79. The van der Waals surface area contributed by atoms with Gasteiger partial charge in [0.15, 0.2) is 5.13 Å². The fourth-order valence-corrected chi connectivity index (χ4v) is 3.39. The fourth-order valence-electron chi connectivity index (χ4n) is 2.39. The summed E-state index contributed by atoms with van der Waals surface area (Å²) in [6, 6.07) is 4.71. The molecule has 0 spiro atoms. The molecular weight excluding hydrogens is 407 g/mol. The summed E-state index contributed by atoms with van der Waals surface area (Å²) in [6.45, 7) is 3.04. The van der Waals surface area contributed by atoms with Crippen LogP contribution in [0.3, 0.4) is 0 Å². The monoisotopic (exact) mass is 428 g/mol. The summed E-state index contributed by atoms with van der Waals surface area (Å²) in [6.07, 6.45) is 0.740. The molecule has 2 amide bonds. The largest absolute Gasteiger partial charge is 0.329 e. The zero-order chi connectivity index (χ0) is 20.0. The van der Waals surface area contributed by atoms with Crippen LogP contribution in [0.1, 0.15) is 22.5 Å². The molecule has 0 bridgehead atoms. The number of nitrogens with zero attached hydrogens (tertiary/aromatic N) is 3. The number of nitrogens with one attached hydrogen (secondary N) is 1. The van der Waals surface area contributed by atoms with Crippen molar-refractivity contribution < 1.29 is 9.59 Å². The van der Waals surface area contributed by atoms with Crippen LogP contribution in [0.4, 0.5) is 5.13 Å². The lowest BCUT2D eigenvalue weighted by Gasteiger charge is -2.23. The summed E-state index contributed by atoms with van der Waals surface area (Å²) in [5, 5.41) is 5.79. The average molecular weight is 429 g/mol. The Kier molecular flexibility index (Phi) is 8.04. The topological polar surface area (TPSA) is 65.5 Å². The Morgan fingerprint density at radius 3 is 2.52 bits per heavy atom. The van der Waals surface area contributed by atoms with E-state index in [1.54, 1.807) is 12.1 Å². The Morgan fingerprint density at radius 1 is 1.19 bits per heavy atom. The minimum atomic E-state index is -0.289. The van der Waals surface area contributed by atoms with E-state index in [0.717, 1.165) is 18.7 Å². The van der Waals surface area contributed by atoms with Crippen molar-refractivity contribution in [1.82, 2.24) is 14.8 Å². The van der Waals surface area contributed by atoms with Crippen molar-refractivity contribution in [3.05, 3.63) is 44.9 Å². The predicted molar refractivity (Wildman–Crippen MR) is 111 cm³/mol. The number of amides is 2. The summed E-state index contributed by atoms with van der Waals surface area (Å²) >= 11 is 13.3. The van der Waals surface area contributed by atoms with Gasteiger partial charge in [0.05, 0.1) is 15.7 Å². The molecule has 2 aromatic rings. The van der Waals surface area contributed by atoms with Gasteiger partial charge in [-0.05, 0) is 52.2 Å². The van der Waals surface area contributed by atoms with Crippen molar-refractivity contribution in [2.24, 2.45) is 0 Å². The maximum absolute atomic E-state index is 12.9. The third-order valence-corrected chi connectivity index (χ3v) is 5.30. The number of rotatable bonds is 8. The van der Waals surface area contributed by atoms with Gasteiger partial charge >= 0.3 is 0 Å². The first kappa shape index (κ1) is 21.6. The van der Waals surface area contributed by atoms with E-state index in [1.165, 1.54) is 22.3 Å². The number of carbonyl (C=O) groups is 2. The third-order valence-electron chi connectivity index (χ3n) is 3.69. The van der Waals surface area contributed by atoms with Crippen LogP contribution in [0.15, 0.2) is 23.6 Å². The maximum atomic E-state index is 12.9. The highest BCUT2D eigenvalue weighted by atomic mass is 35.5. The van der Waals surface area contributed by atoms with E-state index in [4.69, 9.17) is 23.2 Å². The molecule has 1 heterocycles. The highest BCUT2D eigenvalue weighted by molar-refractivity contribution is 7.13. The van der Waals surface area contributed by atoms with E-state index in [-0.39, 0.29) is 18.4 Å². The Hall–Kier alpha value is -1.67. The number of hydrogen-bond acceptors (Lipinski definition) is 5. The van der Waals surface area contributed by atoms with Crippen molar-refractivity contribution in [2.75, 3.05) is 39.0 Å². The molecule has 0 saturated carbocycles. The van der Waals surface area contributed by atoms with E-state index in [9.17, 15) is 9.59 Å². The Labute approximate surface area is 173 Å². The van der Waals surface area contributed by atoms with Gasteiger partial charge in [0, 0.05) is 17.5 Å². The molecule has 146 valence electrons. The fraction of sp³-hybridized carbons (Fsp3) is 0.389. The molecule has 1 aromatic carbocycles. The maximum Gasteiger partial charge on any atom is 0.254 e. The summed E-state index contributed by atoms with van der Waals surface area (Å²) in [7, 11) is 3.92. The summed E-state index contributed by atoms with van der Waals surface area (Å²) in [4.78, 5) is 33.0. The number of aromatic nitrogens is 1. The van der Waals surface area contributed by atoms with Gasteiger partial charge in [0.1, 0.15) is 6.54 Å². The molecule has 0 aliphatic rings. The molecule has 27 heavy (non-hydrogen) atoms. The molecule has 1 N–H and O–H groups in total. The van der Waals surface area contributed by atoms with Crippen LogP contribution in [0.25, 0.3) is 0 Å². The smallest absolute Gasteiger partial charge is 0.254 e. The molecule has 9 heteroatoms. The average Bonchev–Trinajstić information content (AvgIpc) is 3.00. The summed E-state index contributed by atoms with van der Waals surface area (Å²) in [5.74, 6) is -0.555. The molecule has 0 radical (unpaired) electrons. The molecule has 0 aliphatic carbocycles. The first-order chi connectivity index (χ1) is 12.8. The van der Waals surface area contributed by atoms with E-state index in [1.807, 2.05) is 31.3 Å². The van der Waals surface area contributed by atoms with Crippen LogP contribution in [0.5, 0.6) is 0 Å². The molecule has 0 atom stereocenters. The highest BCUT2D eigenvalue weighted by Gasteiger charge is 2.20. The number of aryl methyl sites for hydroxylation is 1. The van der Waals surface area contributed by atoms with Crippen molar-refractivity contribution in [3.63, 3.8) is 0 Å². The number of benzene rings is 1. The third kappa shape index (κ3) is 6.77. The molecular formula is C18H22Cl2N4O2S. The lowest BCUT2D eigenvalue weighted by molar-refractivity contribution is -0.116. The van der Waals surface area contributed by atoms with Gasteiger partial charge in [-0.15, -0.1) is 11.3 Å². The molecule has 2 rings (SSSR count). The minimum Gasteiger partial charge on any atom is -0.329 e. The number of thiazole rings is 1. The van der Waals surface area contributed by atoms with Gasteiger partial charge in [0.25, 0.3) is 5.91 Å². The molecule has 0 unspecified atom stereocenters. The first-order valence-corrected chi connectivity index (χ1v) is 10.0. The van der Waals surface area contributed by atoms with Gasteiger partial charge in [-0.1, -0.05) is 23.2 Å². The SMILES string of the molecule is Cc1csc(NC(=O)CN(CCCN(C)C)C(=O)c2ccc(Cl)c(Cl)c2)n1. The molecule has 0 aliphatic heterocycles. The van der Waals surface area contributed by atoms with Crippen LogP contribution >= 0.6 is 34.5 Å². The normalized spacial score (nSPS) is 10.9. The van der Waals surface area contributed by atoms with Gasteiger partial charge in [-0.2, -0.15) is 0 Å². The molecule has 1 aromatic heterocycles. The number of anilines is 1. The van der Waals surface area contributed by atoms with Crippen LogP contribution < -0.4 is 5.32 Å². The van der Waals surface area contributed by atoms with E-state index in [0.29, 0.717) is 27.3 Å². The molecule has 0 saturated heterocycles. The van der Waals surface area contributed by atoms with E-state index in [2.05, 4.69) is 10.3 Å². The number of hydrogen-bond donors (Lipinski definition) is 1. The number of halogens is 2. The zero-order valence-corrected chi connectivity index (χ0v) is 17.8. The Morgan fingerprint density at radius 2 is 1.93 bits per heavy atom. The second kappa shape index (κ2) is 10.0. The lowest BCUT2D eigenvalue weighted by atomic mass is 10.2. The van der Waals surface area contributed by atoms with E-state index >= 15 is 0 Å². The Balaban J connectivity index is 2.10. The van der Waals surface area contributed by atoms with E-state index < -0.39 is 0 Å². The standard InChI is InChI=1S/C18H22Cl2N4O2S/c1-12-11-27-18(21-12)22-16(25)10-24(8-4-7-23(2)3)17(26)13-5-6-14(19)15(20)9-13/h5-6,9,11H,4,7-8,10H2,1-3H3,(H,21,22,25). The molecule has 6 nitrogen and oxygen atoms in total. The van der Waals surface area contributed by atoms with Gasteiger partial charge in [-0.3, -0.25) is 9.59 Å². The van der Waals surface area contributed by atoms with Crippen LogP contribution in [-0.4, -0.2) is 60.3 Å². The second-order valence-electron chi connectivity index (χ2n) is 6.35. The summed E-state index contributed by atoms with van der Waals surface area (Å²) in [5.41, 5.74) is 1.23. The quantitative estimate of drug-likeness (QED) is 0.694. The lowest BCUT2D eigenvalue weighted by Crippen LogP contribution is -2.39. The van der Waals surface area contributed by atoms with Gasteiger partial charge < -0.3 is 15.1 Å². The zero-order valence-electron chi connectivity index (χ0n) is 15.5. The highest BCUT2D eigenvalue weighted by Crippen LogP contribution is 2.23. The minimum absolute atomic E-state index is 0.0644. The van der Waals surface area contributed by atoms with Crippen molar-refractivity contribution in [3.8, 4) is 0 Å². The van der Waals surface area contributed by atoms with Crippen molar-refractivity contribution >= 4 is 51.5 Å². The van der Waals surface area contributed by atoms with Crippen molar-refractivity contribution in [2.45, 2.75) is 13.3 Å².